The number of rotatable bonds is 7. The summed E-state index contributed by atoms with van der Waals surface area (Å²) in [6.07, 6.45) is 5.00. The molecule has 1 amide bonds. The predicted octanol–water partition coefficient (Wildman–Crippen LogP) is 5.24. The van der Waals surface area contributed by atoms with Crippen molar-refractivity contribution in [3.05, 3.63) is 65.9 Å². The number of ether oxygens (including phenoxy) is 3. The van der Waals surface area contributed by atoms with Gasteiger partial charge in [0.15, 0.2) is 5.58 Å². The van der Waals surface area contributed by atoms with Gasteiger partial charge in [-0.3, -0.25) is 9.78 Å². The van der Waals surface area contributed by atoms with Crippen LogP contribution in [0.2, 0.25) is 0 Å². The van der Waals surface area contributed by atoms with Crippen molar-refractivity contribution in [2.45, 2.75) is 50.4 Å². The molecule has 9 nitrogen and oxygen atoms in total. The molecule has 2 N–H and O–H groups in total. The first-order valence-corrected chi connectivity index (χ1v) is 13.9. The van der Waals surface area contributed by atoms with Gasteiger partial charge in [0.25, 0.3) is 5.91 Å². The van der Waals surface area contributed by atoms with Crippen LogP contribution < -0.4 is 14.8 Å². The molecule has 0 bridgehead atoms. The van der Waals surface area contributed by atoms with Gasteiger partial charge in [-0.25, -0.2) is 0 Å². The number of methoxy groups -OCH3 is 1. The van der Waals surface area contributed by atoms with Crippen LogP contribution in [0.5, 0.6) is 11.5 Å². The predicted molar refractivity (Wildman–Crippen MR) is 152 cm³/mol. The van der Waals surface area contributed by atoms with Gasteiger partial charge in [0, 0.05) is 42.3 Å². The Bertz CT molecular complexity index is 1620. The number of aliphatic hydroxyl groups is 1. The third-order valence-electron chi connectivity index (χ3n) is 7.75. The number of aliphatic hydroxyl groups excluding tert-OH is 1. The molecular formula is C32H31N3O6. The van der Waals surface area contributed by atoms with Gasteiger partial charge in [-0.2, -0.15) is 5.26 Å². The number of nitrogens with one attached hydrogen (secondary N) is 1. The fourth-order valence-corrected chi connectivity index (χ4v) is 5.55. The highest BCUT2D eigenvalue weighted by molar-refractivity contribution is 5.97. The van der Waals surface area contributed by atoms with E-state index in [1.54, 1.807) is 31.5 Å². The third kappa shape index (κ3) is 5.62. The van der Waals surface area contributed by atoms with Crippen molar-refractivity contribution in [2.24, 2.45) is 0 Å². The van der Waals surface area contributed by atoms with Gasteiger partial charge in [0.05, 0.1) is 37.6 Å². The lowest BCUT2D eigenvalue weighted by Crippen LogP contribution is -2.33. The largest absolute Gasteiger partial charge is 0.496 e. The Labute approximate surface area is 237 Å². The van der Waals surface area contributed by atoms with Crippen molar-refractivity contribution in [3.63, 3.8) is 0 Å². The lowest BCUT2D eigenvalue weighted by Gasteiger charge is -2.23. The van der Waals surface area contributed by atoms with E-state index in [1.165, 1.54) is 0 Å². The molecule has 0 radical (unpaired) electrons. The number of amides is 1. The Hall–Kier alpha value is -4.39. The van der Waals surface area contributed by atoms with Crippen LogP contribution in [0.3, 0.4) is 0 Å². The third-order valence-corrected chi connectivity index (χ3v) is 7.75. The highest BCUT2D eigenvalue weighted by atomic mass is 16.5. The molecule has 1 saturated heterocycles. The summed E-state index contributed by atoms with van der Waals surface area (Å²) in [5.41, 5.74) is 4.44. The van der Waals surface area contributed by atoms with Crippen molar-refractivity contribution < 1.29 is 28.5 Å². The number of hydrogen-bond donors (Lipinski definition) is 2. The van der Waals surface area contributed by atoms with Crippen molar-refractivity contribution >= 4 is 17.0 Å². The van der Waals surface area contributed by atoms with Crippen LogP contribution in [0.1, 0.15) is 48.0 Å². The monoisotopic (exact) mass is 553 g/mol. The maximum atomic E-state index is 12.8. The minimum absolute atomic E-state index is 0.0324. The molecule has 2 aromatic heterocycles. The standard InChI is InChI=1S/C32H31N3O6/c1-38-29-15-20(32(37)35-22-4-5-23(36)16-22)2-6-26(29)30-17-27-31(41-30)25(8-11-34-27)19-3-7-28(21(14-19)18-33)40-24-9-12-39-13-10-24/h2-3,6-8,11,14-15,17,22-24,36H,4-5,9-10,12-13,16H2,1H3,(H,35,37). The van der Waals surface area contributed by atoms with Crippen molar-refractivity contribution in [2.75, 3.05) is 20.3 Å². The lowest BCUT2D eigenvalue weighted by molar-refractivity contribution is 0.0254. The molecule has 41 heavy (non-hydrogen) atoms. The van der Waals surface area contributed by atoms with E-state index in [-0.39, 0.29) is 24.2 Å². The van der Waals surface area contributed by atoms with Crippen LogP contribution in [0.4, 0.5) is 0 Å². The van der Waals surface area contributed by atoms with E-state index in [1.807, 2.05) is 30.3 Å². The summed E-state index contributed by atoms with van der Waals surface area (Å²) in [6, 6.07) is 16.7. The number of nitriles is 1. The molecular weight excluding hydrogens is 522 g/mol. The summed E-state index contributed by atoms with van der Waals surface area (Å²) in [6.45, 7) is 1.32. The Balaban J connectivity index is 1.28. The summed E-state index contributed by atoms with van der Waals surface area (Å²) in [5.74, 6) is 1.39. The van der Waals surface area contributed by atoms with Gasteiger partial charge >= 0.3 is 0 Å². The highest BCUT2D eigenvalue weighted by Crippen LogP contribution is 2.38. The summed E-state index contributed by atoms with van der Waals surface area (Å²) in [4.78, 5) is 17.3. The Morgan fingerprint density at radius 2 is 1.90 bits per heavy atom. The van der Waals surface area contributed by atoms with Gasteiger partial charge in [-0.1, -0.05) is 6.07 Å². The summed E-state index contributed by atoms with van der Waals surface area (Å²) < 4.78 is 23.5. The molecule has 1 saturated carbocycles. The number of aromatic nitrogens is 1. The first-order valence-electron chi connectivity index (χ1n) is 13.9. The Morgan fingerprint density at radius 3 is 2.66 bits per heavy atom. The van der Waals surface area contributed by atoms with Crippen LogP contribution in [0, 0.1) is 11.3 Å². The fourth-order valence-electron chi connectivity index (χ4n) is 5.55. The highest BCUT2D eigenvalue weighted by Gasteiger charge is 2.25. The Morgan fingerprint density at radius 1 is 1.05 bits per heavy atom. The molecule has 2 aromatic carbocycles. The minimum Gasteiger partial charge on any atom is -0.496 e. The first-order chi connectivity index (χ1) is 20.0. The second kappa shape index (κ2) is 11.6. The molecule has 6 rings (SSSR count). The number of carbonyl (C=O) groups is 1. The molecule has 210 valence electrons. The van der Waals surface area contributed by atoms with E-state index in [0.717, 1.165) is 30.4 Å². The van der Waals surface area contributed by atoms with Gasteiger partial charge in [-0.05, 0) is 61.2 Å². The van der Waals surface area contributed by atoms with Gasteiger partial charge in [0.1, 0.15) is 34.9 Å². The number of fused-ring (bicyclic) bond motifs is 1. The number of carbonyl (C=O) groups excluding carboxylic acids is 1. The summed E-state index contributed by atoms with van der Waals surface area (Å²) in [7, 11) is 1.55. The van der Waals surface area contributed by atoms with Crippen LogP contribution in [0.15, 0.2) is 59.1 Å². The van der Waals surface area contributed by atoms with E-state index >= 15 is 0 Å². The Kier molecular flexibility index (Phi) is 7.59. The van der Waals surface area contributed by atoms with E-state index < -0.39 is 0 Å². The van der Waals surface area contributed by atoms with E-state index in [0.29, 0.717) is 71.1 Å². The smallest absolute Gasteiger partial charge is 0.251 e. The van der Waals surface area contributed by atoms with Crippen LogP contribution in [-0.2, 0) is 4.74 Å². The fraction of sp³-hybridized carbons (Fsp3) is 0.344. The molecule has 2 unspecified atom stereocenters. The molecule has 1 aliphatic heterocycles. The topological polar surface area (TPSA) is 127 Å². The quantitative estimate of drug-likeness (QED) is 0.318. The SMILES string of the molecule is COc1cc(C(=O)NC2CCC(O)C2)ccc1-c1cc2nccc(-c3ccc(OC4CCOCC4)c(C#N)c3)c2o1. The molecule has 2 fully saturated rings. The second-order valence-electron chi connectivity index (χ2n) is 10.5. The molecule has 9 heteroatoms. The van der Waals surface area contributed by atoms with E-state index in [9.17, 15) is 15.2 Å². The molecule has 0 spiro atoms. The lowest BCUT2D eigenvalue weighted by atomic mass is 10.0. The maximum absolute atomic E-state index is 12.8. The van der Waals surface area contributed by atoms with Crippen LogP contribution in [0.25, 0.3) is 33.6 Å². The zero-order valence-electron chi connectivity index (χ0n) is 22.8. The van der Waals surface area contributed by atoms with E-state index in [4.69, 9.17) is 18.6 Å². The maximum Gasteiger partial charge on any atom is 0.251 e. The summed E-state index contributed by atoms with van der Waals surface area (Å²) >= 11 is 0. The number of pyridine rings is 1. The normalized spacial score (nSPS) is 19.1. The summed E-state index contributed by atoms with van der Waals surface area (Å²) in [5, 5.41) is 22.6. The van der Waals surface area contributed by atoms with E-state index in [2.05, 4.69) is 16.4 Å². The van der Waals surface area contributed by atoms with Gasteiger partial charge < -0.3 is 29.1 Å². The van der Waals surface area contributed by atoms with Crippen molar-refractivity contribution in [3.8, 4) is 40.0 Å². The van der Waals surface area contributed by atoms with Crippen LogP contribution >= 0.6 is 0 Å². The van der Waals surface area contributed by atoms with Gasteiger partial charge in [0.2, 0.25) is 0 Å². The second-order valence-corrected chi connectivity index (χ2v) is 10.5. The molecule has 2 atom stereocenters. The number of hydrogen-bond acceptors (Lipinski definition) is 8. The number of furan rings is 1. The average molecular weight is 554 g/mol. The van der Waals surface area contributed by atoms with Gasteiger partial charge in [-0.15, -0.1) is 0 Å². The molecule has 1 aliphatic carbocycles. The molecule has 3 heterocycles. The molecule has 4 aromatic rings. The van der Waals surface area contributed by atoms with Crippen LogP contribution in [-0.4, -0.2) is 54.6 Å². The average Bonchev–Trinajstić information content (AvgIpc) is 3.63. The van der Waals surface area contributed by atoms with Crippen molar-refractivity contribution in [1.82, 2.24) is 10.3 Å². The number of benzene rings is 2. The molecule has 2 aliphatic rings. The zero-order chi connectivity index (χ0) is 28.3. The minimum atomic E-state index is -0.362. The first kappa shape index (κ1) is 26.8. The van der Waals surface area contributed by atoms with Crippen molar-refractivity contribution in [1.29, 1.82) is 5.26 Å². The zero-order valence-corrected chi connectivity index (χ0v) is 22.8. The number of nitrogens with zero attached hydrogens (tertiary/aromatic N) is 2.